The number of aliphatic hydroxyl groups excluding tert-OH is 2. The van der Waals surface area contributed by atoms with Crippen LogP contribution in [0.1, 0.15) is 78.3 Å². The normalized spacial score (nSPS) is 18.5. The molecule has 0 aliphatic heterocycles. The summed E-state index contributed by atoms with van der Waals surface area (Å²) >= 11 is 23.4. The maximum absolute atomic E-state index is 12.6. The Morgan fingerprint density at radius 3 is 1.43 bits per heavy atom. The molecule has 0 radical (unpaired) electrons. The highest BCUT2D eigenvalue weighted by Crippen LogP contribution is 2.23. The molecular weight excluding hydrogens is 1030 g/mol. The quantitative estimate of drug-likeness (QED) is 0.0459. The number of ether oxygens (including phenoxy) is 2. The van der Waals surface area contributed by atoms with Crippen LogP contribution in [0.3, 0.4) is 0 Å². The Hall–Kier alpha value is -5.42. The van der Waals surface area contributed by atoms with Gasteiger partial charge in [-0.15, -0.1) is 0 Å². The summed E-state index contributed by atoms with van der Waals surface area (Å²) in [5, 5.41) is 48.2. The second-order valence-electron chi connectivity index (χ2n) is 16.9. The van der Waals surface area contributed by atoms with Crippen LogP contribution in [0.5, 0.6) is 11.5 Å². The van der Waals surface area contributed by atoms with Crippen LogP contribution in [0, 0.1) is 0 Å². The summed E-state index contributed by atoms with van der Waals surface area (Å²) in [5.74, 6) is -2.42. The van der Waals surface area contributed by atoms with Crippen LogP contribution in [0.4, 0.5) is 13.2 Å². The second kappa shape index (κ2) is 28.1. The highest BCUT2D eigenvalue weighted by molar-refractivity contribution is 6.32. The van der Waals surface area contributed by atoms with Crippen LogP contribution >= 0.6 is 46.4 Å². The molecule has 72 heavy (non-hydrogen) atoms. The minimum Gasteiger partial charge on any atom is -0.491 e. The summed E-state index contributed by atoms with van der Waals surface area (Å²) in [6.45, 7) is 1.49. The summed E-state index contributed by atoms with van der Waals surface area (Å²) in [4.78, 5) is 45.8. The van der Waals surface area contributed by atoms with Gasteiger partial charge >= 0.3 is 18.1 Å². The first-order chi connectivity index (χ1) is 34.2. The van der Waals surface area contributed by atoms with Gasteiger partial charge in [0.25, 0.3) is 5.91 Å². The molecule has 2 unspecified atom stereocenters. The zero-order valence-corrected chi connectivity index (χ0v) is 41.5. The fourth-order valence-corrected chi connectivity index (χ4v) is 7.96. The number of nitrogens with two attached hydrogens (primary N) is 1. The second-order valence-corrected chi connectivity index (χ2v) is 18.6. The van der Waals surface area contributed by atoms with E-state index in [1.165, 1.54) is 0 Å². The molecule has 11 N–H and O–H groups in total. The van der Waals surface area contributed by atoms with Crippen molar-refractivity contribution in [3.05, 3.63) is 117 Å². The van der Waals surface area contributed by atoms with Gasteiger partial charge in [0.1, 0.15) is 36.9 Å². The van der Waals surface area contributed by atoms with E-state index in [4.69, 9.17) is 76.6 Å². The summed E-state index contributed by atoms with van der Waals surface area (Å²) in [6, 6.07) is 25.7. The number of hydrogen-bond acceptors (Lipinski definition) is 12. The van der Waals surface area contributed by atoms with E-state index >= 15 is 0 Å². The van der Waals surface area contributed by atoms with Gasteiger partial charge in [0.2, 0.25) is 5.82 Å². The monoisotopic (exact) mass is 1090 g/mol. The Morgan fingerprint density at radius 1 is 0.639 bits per heavy atom. The van der Waals surface area contributed by atoms with E-state index in [1.54, 1.807) is 84.9 Å². The largest absolute Gasteiger partial charge is 0.491 e. The zero-order valence-electron chi connectivity index (χ0n) is 38.5. The van der Waals surface area contributed by atoms with Crippen LogP contribution in [-0.4, -0.2) is 127 Å². The molecule has 2 aliphatic rings. The molecule has 2 atom stereocenters. The molecule has 4 aromatic carbocycles. The molecule has 2 aliphatic carbocycles. The number of carboxylic acid groups (broad SMARTS) is 2. The van der Waals surface area contributed by atoms with Crippen molar-refractivity contribution in [3.8, 4) is 11.5 Å². The molecule has 0 saturated heterocycles. The van der Waals surface area contributed by atoms with Crippen LogP contribution in [0.15, 0.2) is 84.9 Å². The van der Waals surface area contributed by atoms with Crippen LogP contribution < -0.4 is 31.2 Å². The van der Waals surface area contributed by atoms with Crippen molar-refractivity contribution in [2.24, 2.45) is 5.73 Å². The van der Waals surface area contributed by atoms with E-state index in [1.807, 2.05) is 0 Å². The molecule has 2 fully saturated rings. The number of carbonyl (C=O) groups is 3. The number of amides is 1. The van der Waals surface area contributed by atoms with Gasteiger partial charge < -0.3 is 61.6 Å². The smallest absolute Gasteiger partial charge is 0.490 e. The predicted molar refractivity (Wildman–Crippen MR) is 277 cm³/mol. The number of benzene rings is 4. The van der Waals surface area contributed by atoms with Crippen molar-refractivity contribution in [3.63, 3.8) is 0 Å². The third-order valence-electron chi connectivity index (χ3n) is 11.2. The molecule has 1 amide bonds. The SMILES string of the molecule is NC1CCC(NCC(O)COc2ccc(Cl)cc2)CC1.O=C(NC1CCC(NCC(O)COc2ccc(Cl)cc2)CC1)c1nc2ccc(Cl)cc2[nH]1.O=C(O)C(F)(F)F.O=C(O)c1nc2ccc(Cl)cc2[nH]1.[HH].[HH].[HH].[HH]. The molecule has 2 saturated carbocycles. The number of halogens is 7. The predicted octanol–water partition coefficient (Wildman–Crippen LogP) is 9.41. The number of fused-ring (bicyclic) bond motifs is 2. The van der Waals surface area contributed by atoms with Crippen molar-refractivity contribution in [2.75, 3.05) is 26.3 Å². The molecular formula is C48H63Cl4F3N8O9. The highest BCUT2D eigenvalue weighted by atomic mass is 35.5. The fourth-order valence-electron chi connectivity index (χ4n) is 7.36. The molecule has 6 aromatic rings. The Bertz CT molecular complexity index is 2670. The van der Waals surface area contributed by atoms with Crippen LogP contribution in [0.25, 0.3) is 22.1 Å². The molecule has 8 rings (SSSR count). The molecule has 0 spiro atoms. The highest BCUT2D eigenvalue weighted by Gasteiger charge is 2.38. The van der Waals surface area contributed by atoms with Gasteiger partial charge in [-0.3, -0.25) is 4.79 Å². The summed E-state index contributed by atoms with van der Waals surface area (Å²) < 4.78 is 42.8. The molecule has 0 bridgehead atoms. The number of aromatic carboxylic acids is 1. The first kappa shape index (κ1) is 57.5. The van der Waals surface area contributed by atoms with Crippen molar-refractivity contribution in [2.45, 2.75) is 93.9 Å². The van der Waals surface area contributed by atoms with Crippen LogP contribution in [0.2, 0.25) is 20.1 Å². The van der Waals surface area contributed by atoms with Gasteiger partial charge in [0.05, 0.1) is 22.1 Å². The summed E-state index contributed by atoms with van der Waals surface area (Å²) in [5.41, 5.74) is 8.56. The molecule has 2 heterocycles. The van der Waals surface area contributed by atoms with E-state index in [-0.39, 0.29) is 36.7 Å². The first-order valence-corrected chi connectivity index (χ1v) is 24.2. The van der Waals surface area contributed by atoms with Gasteiger partial charge in [0.15, 0.2) is 5.82 Å². The number of alkyl halides is 3. The standard InChI is InChI=1S/C23H26Cl2N4O3.C15H23ClN2O2.C8H5ClN2O2.C2HF3O2.4H2/c24-14-1-8-19(9-2-14)32-13-18(30)12-26-16-4-6-17(7-5-16)27-23(31)22-28-20-10-3-15(25)11-21(20)29-22;16-11-1-7-15(8-2-11)20-10-14(19)9-18-13-5-3-12(17)4-6-13;9-4-1-2-5-6(3-4)11-7(10-5)8(12)13;3-2(4,5)1(6)7;;;;/h1-3,8-11,16-18,26,30H,4-7,12-13H2,(H,27,31)(H,28,29);1-2,7-8,12-14,18-19H,3-6,9-10,17H2;1-3H,(H,10,11)(H,12,13);(H,6,7);4*1H. The van der Waals surface area contributed by atoms with Crippen molar-refractivity contribution < 1.29 is 63.2 Å². The maximum atomic E-state index is 12.6. The minimum atomic E-state index is -5.08. The van der Waals surface area contributed by atoms with Crippen LogP contribution in [-0.2, 0) is 4.79 Å². The summed E-state index contributed by atoms with van der Waals surface area (Å²) in [6.07, 6.45) is 1.68. The van der Waals surface area contributed by atoms with Crippen molar-refractivity contribution >= 4 is 86.3 Å². The number of rotatable bonds is 15. The molecule has 24 heteroatoms. The van der Waals surface area contributed by atoms with E-state index < -0.39 is 30.3 Å². The third kappa shape index (κ3) is 19.9. The van der Waals surface area contributed by atoms with E-state index in [2.05, 4.69) is 35.9 Å². The number of nitrogens with zero attached hydrogens (tertiary/aromatic N) is 2. The fraction of sp³-hybridized carbons (Fsp3) is 0.396. The molecule has 2 aromatic heterocycles. The number of imidazole rings is 2. The van der Waals surface area contributed by atoms with Gasteiger partial charge in [-0.05, 0) is 136 Å². The van der Waals surface area contributed by atoms with E-state index in [9.17, 15) is 33.0 Å². The van der Waals surface area contributed by atoms with E-state index in [0.717, 1.165) is 62.6 Å². The number of aliphatic carboxylic acids is 1. The van der Waals surface area contributed by atoms with Gasteiger partial charge in [-0.2, -0.15) is 13.2 Å². The Kier molecular flexibility index (Phi) is 22.5. The summed E-state index contributed by atoms with van der Waals surface area (Å²) in [7, 11) is 0. The number of carboxylic acids is 2. The molecule has 398 valence electrons. The number of aromatic nitrogens is 4. The number of nitrogens with one attached hydrogen (secondary N) is 5. The lowest BCUT2D eigenvalue weighted by atomic mass is 9.91. The third-order valence-corrected chi connectivity index (χ3v) is 12.2. The lowest BCUT2D eigenvalue weighted by molar-refractivity contribution is -0.192. The number of H-pyrrole nitrogens is 2. The zero-order chi connectivity index (χ0) is 52.4. The number of aliphatic hydroxyl groups is 2. The van der Waals surface area contributed by atoms with E-state index in [0.29, 0.717) is 79.4 Å². The number of hydrogen-bond donors (Lipinski definition) is 10. The van der Waals surface area contributed by atoms with Crippen molar-refractivity contribution in [1.29, 1.82) is 0 Å². The molecule has 17 nitrogen and oxygen atoms in total. The van der Waals surface area contributed by atoms with Gasteiger partial charge in [0, 0.05) is 63.1 Å². The average molecular weight is 1090 g/mol. The topological polar surface area (TPSA) is 270 Å². The average Bonchev–Trinajstić information content (AvgIpc) is 3.98. The first-order valence-electron chi connectivity index (χ1n) is 22.7. The Morgan fingerprint density at radius 2 is 1.01 bits per heavy atom. The lowest BCUT2D eigenvalue weighted by Gasteiger charge is -2.30. The lowest BCUT2D eigenvalue weighted by Crippen LogP contribution is -2.44. The number of carbonyl (C=O) groups excluding carboxylic acids is 1. The van der Waals surface area contributed by atoms with Gasteiger partial charge in [-0.1, -0.05) is 46.4 Å². The number of aromatic amines is 2. The maximum Gasteiger partial charge on any atom is 0.490 e. The minimum absolute atomic E-state index is 0. The van der Waals surface area contributed by atoms with Gasteiger partial charge in [-0.25, -0.2) is 19.6 Å². The Labute approximate surface area is 437 Å². The Balaban J connectivity index is 0.000000562. The van der Waals surface area contributed by atoms with Crippen molar-refractivity contribution in [1.82, 2.24) is 35.9 Å².